The molecule has 2 rings (SSSR count). The van der Waals surface area contributed by atoms with Gasteiger partial charge in [-0.05, 0) is 39.3 Å². The van der Waals surface area contributed by atoms with E-state index >= 15 is 0 Å². The lowest BCUT2D eigenvalue weighted by Gasteiger charge is -2.36. The lowest BCUT2D eigenvalue weighted by Crippen LogP contribution is -2.53. The van der Waals surface area contributed by atoms with Gasteiger partial charge < -0.3 is 15.5 Å². The van der Waals surface area contributed by atoms with E-state index in [1.807, 2.05) is 11.9 Å². The van der Waals surface area contributed by atoms with E-state index in [-0.39, 0.29) is 30.3 Å². The zero-order valence-corrected chi connectivity index (χ0v) is 14.5. The molecule has 2 atom stereocenters. The minimum Gasteiger partial charge on any atom is -0.352 e. The maximum absolute atomic E-state index is 12.4. The first-order chi connectivity index (χ1) is 10.1. The number of piperidine rings is 2. The summed E-state index contributed by atoms with van der Waals surface area (Å²) >= 11 is 0. The van der Waals surface area contributed by atoms with Gasteiger partial charge in [0.2, 0.25) is 11.8 Å². The van der Waals surface area contributed by atoms with Crippen molar-refractivity contribution in [3.8, 4) is 0 Å². The minimum absolute atomic E-state index is 0. The maximum atomic E-state index is 12.4. The fraction of sp³-hybridized carbons (Fsp3) is 0.867. The molecule has 2 fully saturated rings. The standard InChI is InChI=1S/C15H28N4O2.ClH/c1-12(20)17-14-6-4-8-19(10-14)15(21)11-18-7-3-5-13(9-18)16-2;/h13-14,16H,3-11H2,1-2H3,(H,17,20);1H. The number of likely N-dealkylation sites (N-methyl/N-ethyl adjacent to an activating group) is 1. The van der Waals surface area contributed by atoms with Crippen molar-refractivity contribution in [2.24, 2.45) is 0 Å². The van der Waals surface area contributed by atoms with Gasteiger partial charge in [0.05, 0.1) is 6.54 Å². The Morgan fingerprint density at radius 2 is 1.77 bits per heavy atom. The van der Waals surface area contributed by atoms with Gasteiger partial charge in [-0.2, -0.15) is 0 Å². The highest BCUT2D eigenvalue weighted by atomic mass is 35.5. The van der Waals surface area contributed by atoms with Crippen LogP contribution in [0.2, 0.25) is 0 Å². The van der Waals surface area contributed by atoms with Gasteiger partial charge in [0.15, 0.2) is 0 Å². The summed E-state index contributed by atoms with van der Waals surface area (Å²) in [5, 5.41) is 6.23. The Bertz CT molecular complexity index is 381. The van der Waals surface area contributed by atoms with Gasteiger partial charge in [0, 0.05) is 38.6 Å². The van der Waals surface area contributed by atoms with Crippen molar-refractivity contribution in [1.29, 1.82) is 0 Å². The molecule has 0 saturated carbocycles. The first kappa shape index (κ1) is 19.2. The van der Waals surface area contributed by atoms with Crippen molar-refractivity contribution in [1.82, 2.24) is 20.4 Å². The summed E-state index contributed by atoms with van der Waals surface area (Å²) in [4.78, 5) is 27.7. The SMILES string of the molecule is CNC1CCCN(CC(=O)N2CCCC(NC(C)=O)C2)C1.Cl. The Hall–Kier alpha value is -0.850. The van der Waals surface area contributed by atoms with E-state index in [0.29, 0.717) is 19.1 Å². The highest BCUT2D eigenvalue weighted by Crippen LogP contribution is 2.13. The van der Waals surface area contributed by atoms with E-state index in [1.54, 1.807) is 0 Å². The number of hydrogen-bond acceptors (Lipinski definition) is 4. The molecular formula is C15H29ClN4O2. The summed E-state index contributed by atoms with van der Waals surface area (Å²) in [6.45, 7) is 5.47. The van der Waals surface area contributed by atoms with E-state index in [2.05, 4.69) is 15.5 Å². The predicted molar refractivity (Wildman–Crippen MR) is 89.2 cm³/mol. The molecule has 2 unspecified atom stereocenters. The third-order valence-corrected chi connectivity index (χ3v) is 4.45. The van der Waals surface area contributed by atoms with Crippen LogP contribution < -0.4 is 10.6 Å². The fourth-order valence-electron chi connectivity index (χ4n) is 3.33. The Morgan fingerprint density at radius 1 is 1.09 bits per heavy atom. The van der Waals surface area contributed by atoms with Crippen LogP contribution in [-0.2, 0) is 9.59 Å². The van der Waals surface area contributed by atoms with E-state index in [9.17, 15) is 9.59 Å². The molecule has 22 heavy (non-hydrogen) atoms. The molecule has 2 amide bonds. The number of carbonyl (C=O) groups excluding carboxylic acids is 2. The van der Waals surface area contributed by atoms with Gasteiger partial charge in [0.1, 0.15) is 0 Å². The zero-order valence-electron chi connectivity index (χ0n) is 13.6. The van der Waals surface area contributed by atoms with Crippen LogP contribution in [0, 0.1) is 0 Å². The molecule has 128 valence electrons. The molecule has 2 N–H and O–H groups in total. The Morgan fingerprint density at radius 3 is 2.45 bits per heavy atom. The summed E-state index contributed by atoms with van der Waals surface area (Å²) in [5.41, 5.74) is 0. The van der Waals surface area contributed by atoms with Crippen LogP contribution in [0.4, 0.5) is 0 Å². The van der Waals surface area contributed by atoms with E-state index in [0.717, 1.165) is 38.9 Å². The average molecular weight is 333 g/mol. The predicted octanol–water partition coefficient (Wildman–Crippen LogP) is 0.219. The summed E-state index contributed by atoms with van der Waals surface area (Å²) in [7, 11) is 1.98. The number of halogens is 1. The first-order valence-electron chi connectivity index (χ1n) is 8.03. The van der Waals surface area contributed by atoms with Crippen molar-refractivity contribution < 1.29 is 9.59 Å². The van der Waals surface area contributed by atoms with Gasteiger partial charge in [-0.3, -0.25) is 14.5 Å². The molecular weight excluding hydrogens is 304 g/mol. The van der Waals surface area contributed by atoms with Gasteiger partial charge in [-0.15, -0.1) is 12.4 Å². The first-order valence-corrected chi connectivity index (χ1v) is 8.03. The molecule has 2 aliphatic heterocycles. The second kappa shape index (κ2) is 9.33. The van der Waals surface area contributed by atoms with Gasteiger partial charge in [0.25, 0.3) is 0 Å². The second-order valence-electron chi connectivity index (χ2n) is 6.24. The van der Waals surface area contributed by atoms with Crippen molar-refractivity contribution in [3.05, 3.63) is 0 Å². The average Bonchev–Trinajstić information content (AvgIpc) is 2.47. The van der Waals surface area contributed by atoms with Crippen molar-refractivity contribution in [2.75, 3.05) is 39.8 Å². The fourth-order valence-corrected chi connectivity index (χ4v) is 3.33. The van der Waals surface area contributed by atoms with Gasteiger partial charge in [-0.1, -0.05) is 0 Å². The summed E-state index contributed by atoms with van der Waals surface area (Å²) in [6.07, 6.45) is 4.27. The van der Waals surface area contributed by atoms with Crippen LogP contribution in [0.1, 0.15) is 32.6 Å². The number of carbonyl (C=O) groups is 2. The van der Waals surface area contributed by atoms with Gasteiger partial charge >= 0.3 is 0 Å². The van der Waals surface area contributed by atoms with Crippen LogP contribution >= 0.6 is 12.4 Å². The van der Waals surface area contributed by atoms with Gasteiger partial charge in [-0.25, -0.2) is 0 Å². The third-order valence-electron chi connectivity index (χ3n) is 4.45. The molecule has 0 bridgehead atoms. The Kier molecular flexibility index (Phi) is 8.14. The highest BCUT2D eigenvalue weighted by molar-refractivity contribution is 5.85. The number of nitrogens with one attached hydrogen (secondary N) is 2. The van der Waals surface area contributed by atoms with Crippen molar-refractivity contribution >= 4 is 24.2 Å². The zero-order chi connectivity index (χ0) is 15.2. The number of nitrogens with zero attached hydrogens (tertiary/aromatic N) is 2. The monoisotopic (exact) mass is 332 g/mol. The quantitative estimate of drug-likeness (QED) is 0.773. The summed E-state index contributed by atoms with van der Waals surface area (Å²) in [5.74, 6) is 0.184. The second-order valence-corrected chi connectivity index (χ2v) is 6.24. The molecule has 0 spiro atoms. The molecule has 6 nitrogen and oxygen atoms in total. The summed E-state index contributed by atoms with van der Waals surface area (Å²) < 4.78 is 0. The third kappa shape index (κ3) is 5.74. The molecule has 7 heteroatoms. The van der Waals surface area contributed by atoms with Crippen molar-refractivity contribution in [3.63, 3.8) is 0 Å². The smallest absolute Gasteiger partial charge is 0.236 e. The lowest BCUT2D eigenvalue weighted by molar-refractivity contribution is -0.134. The van der Waals surface area contributed by atoms with Crippen LogP contribution in [0.25, 0.3) is 0 Å². The number of rotatable bonds is 4. The Balaban J connectivity index is 0.00000242. The molecule has 0 aromatic carbocycles. The van der Waals surface area contributed by atoms with Crippen LogP contribution in [0.3, 0.4) is 0 Å². The molecule has 0 aliphatic carbocycles. The van der Waals surface area contributed by atoms with E-state index < -0.39 is 0 Å². The van der Waals surface area contributed by atoms with Crippen LogP contribution in [0.5, 0.6) is 0 Å². The highest BCUT2D eigenvalue weighted by Gasteiger charge is 2.27. The van der Waals surface area contributed by atoms with E-state index in [1.165, 1.54) is 13.3 Å². The molecule has 2 saturated heterocycles. The molecule has 2 heterocycles. The normalized spacial score (nSPS) is 26.2. The Labute approximate surface area is 139 Å². The number of amides is 2. The lowest BCUT2D eigenvalue weighted by atomic mass is 10.0. The number of hydrogen-bond donors (Lipinski definition) is 2. The summed E-state index contributed by atoms with van der Waals surface area (Å²) in [6, 6.07) is 0.617. The van der Waals surface area contributed by atoms with E-state index in [4.69, 9.17) is 0 Å². The minimum atomic E-state index is -0.0119. The molecule has 0 radical (unpaired) electrons. The van der Waals surface area contributed by atoms with Crippen LogP contribution in [-0.4, -0.2) is 73.5 Å². The molecule has 2 aliphatic rings. The molecule has 0 aromatic rings. The number of likely N-dealkylation sites (tertiary alicyclic amines) is 2. The topological polar surface area (TPSA) is 64.7 Å². The van der Waals surface area contributed by atoms with Crippen LogP contribution in [0.15, 0.2) is 0 Å². The molecule has 0 aromatic heterocycles. The maximum Gasteiger partial charge on any atom is 0.236 e. The largest absolute Gasteiger partial charge is 0.352 e. The van der Waals surface area contributed by atoms with Crippen molar-refractivity contribution in [2.45, 2.75) is 44.7 Å².